The lowest BCUT2D eigenvalue weighted by Crippen LogP contribution is -2.48. The molecule has 2 amide bonds. The Kier molecular flexibility index (Phi) is 7.26. The molecule has 1 aromatic carbocycles. The first kappa shape index (κ1) is 26.2. The summed E-state index contributed by atoms with van der Waals surface area (Å²) in [6, 6.07) is 9.96. The first-order chi connectivity index (χ1) is 17.5. The Bertz CT molecular complexity index is 1290. The minimum Gasteiger partial charge on any atom is -0.363 e. The van der Waals surface area contributed by atoms with Gasteiger partial charge in [0.1, 0.15) is 11.4 Å². The standard InChI is InChI=1S/C25H24ClF3N6O2/c1-35(2)21-8-3-15(12-31-21)22(36)34-24(9-10-24)23(37)32-13-17-5-6-18(14-30-17)33-20-7-4-16(26)11-19(20)25(27,28)29/h3-8,11-12,14,33H,9-10,13H2,1-2H3,(H,32,37)(H,34,36). The van der Waals surface area contributed by atoms with Gasteiger partial charge in [-0.15, -0.1) is 0 Å². The smallest absolute Gasteiger partial charge is 0.363 e. The molecular formula is C25H24ClF3N6O2. The van der Waals surface area contributed by atoms with Gasteiger partial charge in [-0.3, -0.25) is 14.6 Å². The lowest BCUT2D eigenvalue weighted by atomic mass is 10.1. The van der Waals surface area contributed by atoms with Crippen molar-refractivity contribution in [2.45, 2.75) is 31.1 Å². The van der Waals surface area contributed by atoms with Crippen molar-refractivity contribution in [3.63, 3.8) is 0 Å². The number of pyridine rings is 2. The molecule has 37 heavy (non-hydrogen) atoms. The normalized spacial score (nSPS) is 14.0. The highest BCUT2D eigenvalue weighted by Crippen LogP contribution is 2.38. The van der Waals surface area contributed by atoms with E-state index in [1.807, 2.05) is 19.0 Å². The molecule has 0 radical (unpaired) electrons. The fourth-order valence-corrected chi connectivity index (χ4v) is 3.74. The van der Waals surface area contributed by atoms with E-state index in [1.54, 1.807) is 24.3 Å². The molecule has 2 aromatic heterocycles. The Morgan fingerprint density at radius 3 is 2.38 bits per heavy atom. The summed E-state index contributed by atoms with van der Waals surface area (Å²) in [7, 11) is 3.68. The van der Waals surface area contributed by atoms with Gasteiger partial charge >= 0.3 is 6.18 Å². The van der Waals surface area contributed by atoms with Gasteiger partial charge in [-0.05, 0) is 55.3 Å². The number of carbonyl (C=O) groups excluding carboxylic acids is 2. The van der Waals surface area contributed by atoms with Crippen molar-refractivity contribution in [3.8, 4) is 0 Å². The molecule has 0 aliphatic heterocycles. The molecule has 0 saturated heterocycles. The van der Waals surface area contributed by atoms with Crippen LogP contribution in [0, 0.1) is 0 Å². The summed E-state index contributed by atoms with van der Waals surface area (Å²) in [6.45, 7) is 0.0879. The fourth-order valence-electron chi connectivity index (χ4n) is 3.57. The van der Waals surface area contributed by atoms with Crippen LogP contribution in [-0.4, -0.2) is 41.4 Å². The predicted octanol–water partition coefficient (Wildman–Crippen LogP) is 4.54. The lowest BCUT2D eigenvalue weighted by molar-refractivity contribution is -0.137. The molecule has 0 spiro atoms. The molecule has 194 valence electrons. The number of alkyl halides is 3. The van der Waals surface area contributed by atoms with Crippen LogP contribution in [0.1, 0.15) is 34.5 Å². The zero-order valence-electron chi connectivity index (χ0n) is 20.0. The topological polar surface area (TPSA) is 99.2 Å². The average Bonchev–Trinajstić information content (AvgIpc) is 3.64. The molecular weight excluding hydrogens is 509 g/mol. The highest BCUT2D eigenvalue weighted by molar-refractivity contribution is 6.30. The van der Waals surface area contributed by atoms with Crippen molar-refractivity contribution in [2.75, 3.05) is 24.3 Å². The van der Waals surface area contributed by atoms with E-state index in [9.17, 15) is 22.8 Å². The average molecular weight is 533 g/mol. The van der Waals surface area contributed by atoms with Crippen LogP contribution in [0.4, 0.5) is 30.4 Å². The molecule has 8 nitrogen and oxygen atoms in total. The van der Waals surface area contributed by atoms with E-state index in [4.69, 9.17) is 11.6 Å². The van der Waals surface area contributed by atoms with Gasteiger partial charge in [0.2, 0.25) is 5.91 Å². The molecule has 12 heteroatoms. The van der Waals surface area contributed by atoms with Crippen LogP contribution >= 0.6 is 11.6 Å². The third kappa shape index (κ3) is 6.29. The Labute approximate surface area is 216 Å². The molecule has 1 aliphatic carbocycles. The number of nitrogens with zero attached hydrogens (tertiary/aromatic N) is 3. The Morgan fingerprint density at radius 2 is 1.81 bits per heavy atom. The van der Waals surface area contributed by atoms with Gasteiger partial charge in [-0.1, -0.05) is 11.6 Å². The SMILES string of the molecule is CN(C)c1ccc(C(=O)NC2(C(=O)NCc3ccc(Nc4ccc(Cl)cc4C(F)(F)F)cn3)CC2)cn1. The minimum atomic E-state index is -4.58. The number of anilines is 3. The van der Waals surface area contributed by atoms with Crippen molar-refractivity contribution in [1.29, 1.82) is 0 Å². The number of nitrogens with one attached hydrogen (secondary N) is 3. The Balaban J connectivity index is 1.33. The molecule has 2 heterocycles. The first-order valence-electron chi connectivity index (χ1n) is 11.3. The molecule has 0 bridgehead atoms. The third-order valence-electron chi connectivity index (χ3n) is 5.83. The van der Waals surface area contributed by atoms with Crippen LogP contribution in [0.5, 0.6) is 0 Å². The molecule has 4 rings (SSSR count). The van der Waals surface area contributed by atoms with Crippen LogP contribution in [0.25, 0.3) is 0 Å². The van der Waals surface area contributed by atoms with Crippen LogP contribution in [0.2, 0.25) is 5.02 Å². The van der Waals surface area contributed by atoms with E-state index in [2.05, 4.69) is 25.9 Å². The van der Waals surface area contributed by atoms with Gasteiger partial charge < -0.3 is 20.9 Å². The first-order valence-corrected chi connectivity index (χ1v) is 11.7. The summed E-state index contributed by atoms with van der Waals surface area (Å²) in [5.74, 6) is -0.0174. The zero-order valence-corrected chi connectivity index (χ0v) is 20.7. The van der Waals surface area contributed by atoms with E-state index in [0.29, 0.717) is 35.6 Å². The number of amides is 2. The number of hydrogen-bond acceptors (Lipinski definition) is 6. The maximum absolute atomic E-state index is 13.3. The summed E-state index contributed by atoms with van der Waals surface area (Å²) in [5.41, 5.74) is -0.847. The van der Waals surface area contributed by atoms with E-state index in [0.717, 1.165) is 6.07 Å². The van der Waals surface area contributed by atoms with Crippen molar-refractivity contribution < 1.29 is 22.8 Å². The van der Waals surface area contributed by atoms with Gasteiger partial charge in [0.25, 0.3) is 5.91 Å². The second kappa shape index (κ2) is 10.3. The van der Waals surface area contributed by atoms with Crippen LogP contribution in [0.3, 0.4) is 0 Å². The number of aromatic nitrogens is 2. The van der Waals surface area contributed by atoms with Crippen molar-refractivity contribution in [3.05, 3.63) is 76.7 Å². The number of hydrogen-bond donors (Lipinski definition) is 3. The summed E-state index contributed by atoms with van der Waals surface area (Å²) in [6.07, 6.45) is -0.736. The third-order valence-corrected chi connectivity index (χ3v) is 6.06. The Morgan fingerprint density at radius 1 is 1.05 bits per heavy atom. The maximum atomic E-state index is 13.3. The molecule has 0 unspecified atom stereocenters. The zero-order chi connectivity index (χ0) is 26.8. The number of benzene rings is 1. The largest absolute Gasteiger partial charge is 0.418 e. The predicted molar refractivity (Wildman–Crippen MR) is 134 cm³/mol. The molecule has 3 aromatic rings. The number of halogens is 4. The second-order valence-corrected chi connectivity index (χ2v) is 9.31. The number of rotatable bonds is 8. The Hall–Kier alpha value is -3.86. The van der Waals surface area contributed by atoms with Crippen molar-refractivity contribution >= 4 is 40.6 Å². The summed E-state index contributed by atoms with van der Waals surface area (Å²) < 4.78 is 39.9. The lowest BCUT2D eigenvalue weighted by Gasteiger charge is -2.18. The van der Waals surface area contributed by atoms with E-state index < -0.39 is 17.3 Å². The number of carbonyl (C=O) groups is 2. The van der Waals surface area contributed by atoms with Gasteiger partial charge in [-0.25, -0.2) is 4.98 Å². The fraction of sp³-hybridized carbons (Fsp3) is 0.280. The van der Waals surface area contributed by atoms with Crippen LogP contribution in [0.15, 0.2) is 54.9 Å². The highest BCUT2D eigenvalue weighted by Gasteiger charge is 2.51. The second-order valence-electron chi connectivity index (χ2n) is 8.87. The van der Waals surface area contributed by atoms with Gasteiger partial charge in [0, 0.05) is 25.3 Å². The van der Waals surface area contributed by atoms with Crippen molar-refractivity contribution in [2.24, 2.45) is 0 Å². The van der Waals surface area contributed by atoms with Gasteiger partial charge in [0.05, 0.1) is 40.9 Å². The highest BCUT2D eigenvalue weighted by atomic mass is 35.5. The molecule has 3 N–H and O–H groups in total. The van der Waals surface area contributed by atoms with E-state index >= 15 is 0 Å². The quantitative estimate of drug-likeness (QED) is 0.394. The van der Waals surface area contributed by atoms with Gasteiger partial charge in [-0.2, -0.15) is 13.2 Å². The monoisotopic (exact) mass is 532 g/mol. The van der Waals surface area contributed by atoms with E-state index in [1.165, 1.54) is 24.5 Å². The summed E-state index contributed by atoms with van der Waals surface area (Å²) in [4.78, 5) is 35.6. The molecule has 0 atom stereocenters. The summed E-state index contributed by atoms with van der Waals surface area (Å²) >= 11 is 5.72. The molecule has 1 aliphatic rings. The maximum Gasteiger partial charge on any atom is 0.418 e. The van der Waals surface area contributed by atoms with Crippen LogP contribution < -0.4 is 20.9 Å². The molecule has 1 fully saturated rings. The van der Waals surface area contributed by atoms with Crippen LogP contribution in [-0.2, 0) is 17.5 Å². The molecule has 1 saturated carbocycles. The van der Waals surface area contributed by atoms with E-state index in [-0.39, 0.29) is 29.1 Å². The van der Waals surface area contributed by atoms with Gasteiger partial charge in [0.15, 0.2) is 0 Å². The summed E-state index contributed by atoms with van der Waals surface area (Å²) in [5, 5.41) is 8.23. The van der Waals surface area contributed by atoms with Crippen molar-refractivity contribution in [1.82, 2.24) is 20.6 Å². The minimum absolute atomic E-state index is 0.0226.